The molecule has 0 saturated carbocycles. The Morgan fingerprint density at radius 3 is 3.09 bits per heavy atom. The van der Waals surface area contributed by atoms with Gasteiger partial charge in [-0.25, -0.2) is 4.98 Å². The van der Waals surface area contributed by atoms with Crippen molar-refractivity contribution < 1.29 is 9.53 Å². The Hall–Kier alpha value is -1.92. The van der Waals surface area contributed by atoms with Gasteiger partial charge in [0.15, 0.2) is 0 Å². The summed E-state index contributed by atoms with van der Waals surface area (Å²) in [5.41, 5.74) is 1.77. The third kappa shape index (κ3) is 4.53. The summed E-state index contributed by atoms with van der Waals surface area (Å²) in [6.45, 7) is 2.09. The predicted octanol–water partition coefficient (Wildman–Crippen LogP) is 2.39. The van der Waals surface area contributed by atoms with Crippen LogP contribution in [0.4, 0.5) is 5.95 Å². The number of hydrogen-bond acceptors (Lipinski definition) is 4. The number of amides is 1. The van der Waals surface area contributed by atoms with Crippen LogP contribution in [0.5, 0.6) is 0 Å². The van der Waals surface area contributed by atoms with Gasteiger partial charge in [0.25, 0.3) is 0 Å². The van der Waals surface area contributed by atoms with Crippen molar-refractivity contribution in [2.24, 2.45) is 0 Å². The Morgan fingerprint density at radius 2 is 2.30 bits per heavy atom. The quantitative estimate of drug-likeness (QED) is 0.858. The predicted molar refractivity (Wildman–Crippen MR) is 90.4 cm³/mol. The molecule has 1 saturated heterocycles. The fourth-order valence-corrected chi connectivity index (χ4v) is 2.91. The van der Waals surface area contributed by atoms with Crippen LogP contribution in [0, 0.1) is 0 Å². The van der Waals surface area contributed by atoms with Crippen LogP contribution in [-0.2, 0) is 9.53 Å². The van der Waals surface area contributed by atoms with E-state index in [9.17, 15) is 4.79 Å². The zero-order valence-corrected chi connectivity index (χ0v) is 13.5. The standard InChI is InChI=1S/C17H24N4O2/c1-21(10-9-13-6-4-5-11-23-13)12-16(22)20-17-18-14-7-2-3-8-15(14)19-17/h2-3,7-8,13H,4-6,9-12H2,1H3,(H2,18,19,20,22)/t13-/m1/s1. The van der Waals surface area contributed by atoms with Crippen LogP contribution in [0.3, 0.4) is 0 Å². The molecule has 2 aromatic rings. The van der Waals surface area contributed by atoms with Crippen molar-refractivity contribution in [3.8, 4) is 0 Å². The number of imidazole rings is 1. The van der Waals surface area contributed by atoms with Crippen molar-refractivity contribution in [1.82, 2.24) is 14.9 Å². The molecule has 0 radical (unpaired) electrons. The van der Waals surface area contributed by atoms with Gasteiger partial charge in [0.1, 0.15) is 0 Å². The lowest BCUT2D eigenvalue weighted by Crippen LogP contribution is -2.33. The largest absolute Gasteiger partial charge is 0.378 e. The van der Waals surface area contributed by atoms with E-state index >= 15 is 0 Å². The highest BCUT2D eigenvalue weighted by Gasteiger charge is 2.15. The summed E-state index contributed by atoms with van der Waals surface area (Å²) in [4.78, 5) is 21.6. The van der Waals surface area contributed by atoms with Crippen LogP contribution in [0.2, 0.25) is 0 Å². The van der Waals surface area contributed by atoms with E-state index < -0.39 is 0 Å². The Morgan fingerprint density at radius 1 is 1.43 bits per heavy atom. The van der Waals surface area contributed by atoms with Crippen LogP contribution >= 0.6 is 0 Å². The number of benzene rings is 1. The second-order valence-electron chi connectivity index (χ2n) is 6.17. The van der Waals surface area contributed by atoms with Crippen molar-refractivity contribution in [1.29, 1.82) is 0 Å². The van der Waals surface area contributed by atoms with Gasteiger partial charge in [0.2, 0.25) is 11.9 Å². The maximum Gasteiger partial charge on any atom is 0.240 e. The Kier molecular flexibility index (Phi) is 5.25. The first-order valence-corrected chi connectivity index (χ1v) is 8.25. The molecule has 1 aromatic carbocycles. The fourth-order valence-electron chi connectivity index (χ4n) is 2.91. The smallest absolute Gasteiger partial charge is 0.240 e. The number of para-hydroxylation sites is 2. The number of carbonyl (C=O) groups excluding carboxylic acids is 1. The Labute approximate surface area is 136 Å². The summed E-state index contributed by atoms with van der Waals surface area (Å²) < 4.78 is 5.72. The Bertz CT molecular complexity index is 616. The highest BCUT2D eigenvalue weighted by Crippen LogP contribution is 2.16. The monoisotopic (exact) mass is 316 g/mol. The molecule has 3 rings (SSSR count). The van der Waals surface area contributed by atoms with Crippen molar-refractivity contribution in [3.63, 3.8) is 0 Å². The van der Waals surface area contributed by atoms with Gasteiger partial charge in [0.05, 0.1) is 23.7 Å². The normalized spacial score (nSPS) is 18.4. The lowest BCUT2D eigenvalue weighted by molar-refractivity contribution is -0.117. The van der Waals surface area contributed by atoms with Crippen LogP contribution in [0.1, 0.15) is 25.7 Å². The van der Waals surface area contributed by atoms with Crippen molar-refractivity contribution in [2.45, 2.75) is 31.8 Å². The van der Waals surface area contributed by atoms with E-state index in [-0.39, 0.29) is 5.91 Å². The first-order valence-electron chi connectivity index (χ1n) is 8.25. The molecule has 23 heavy (non-hydrogen) atoms. The summed E-state index contributed by atoms with van der Waals surface area (Å²) in [6, 6.07) is 7.72. The molecule has 1 amide bonds. The number of nitrogens with zero attached hydrogens (tertiary/aromatic N) is 2. The molecule has 124 valence electrons. The molecule has 2 N–H and O–H groups in total. The average molecular weight is 316 g/mol. The number of aromatic nitrogens is 2. The van der Waals surface area contributed by atoms with E-state index in [2.05, 4.69) is 15.3 Å². The van der Waals surface area contributed by atoms with Gasteiger partial charge in [-0.2, -0.15) is 0 Å². The topological polar surface area (TPSA) is 70.2 Å². The molecule has 0 aliphatic carbocycles. The lowest BCUT2D eigenvalue weighted by atomic mass is 10.1. The number of likely N-dealkylation sites (N-methyl/N-ethyl adjacent to an activating group) is 1. The molecule has 6 heteroatoms. The van der Waals surface area contributed by atoms with Gasteiger partial charge in [-0.05, 0) is 44.9 Å². The summed E-state index contributed by atoms with van der Waals surface area (Å²) in [5, 5.41) is 2.82. The second-order valence-corrected chi connectivity index (χ2v) is 6.17. The maximum absolute atomic E-state index is 12.1. The van der Waals surface area contributed by atoms with E-state index in [1.807, 2.05) is 36.2 Å². The van der Waals surface area contributed by atoms with Crippen molar-refractivity contribution in [2.75, 3.05) is 32.1 Å². The summed E-state index contributed by atoms with van der Waals surface area (Å²) >= 11 is 0. The summed E-state index contributed by atoms with van der Waals surface area (Å²) in [7, 11) is 1.96. The van der Waals surface area contributed by atoms with E-state index in [1.165, 1.54) is 12.8 Å². The van der Waals surface area contributed by atoms with Gasteiger partial charge >= 0.3 is 0 Å². The molecule has 1 aliphatic rings. The van der Waals surface area contributed by atoms with Crippen LogP contribution < -0.4 is 5.32 Å². The number of carbonyl (C=O) groups is 1. The van der Waals surface area contributed by atoms with Gasteiger partial charge in [0, 0.05) is 13.2 Å². The molecular weight excluding hydrogens is 292 g/mol. The third-order valence-corrected chi connectivity index (χ3v) is 4.17. The number of hydrogen-bond donors (Lipinski definition) is 2. The number of fused-ring (bicyclic) bond motifs is 1. The number of ether oxygens (including phenoxy) is 1. The first-order chi connectivity index (χ1) is 11.2. The van der Waals surface area contributed by atoms with Crippen LogP contribution in [-0.4, -0.2) is 53.6 Å². The second kappa shape index (κ2) is 7.57. The zero-order chi connectivity index (χ0) is 16.1. The molecule has 0 bridgehead atoms. The van der Waals surface area contributed by atoms with Crippen molar-refractivity contribution >= 4 is 22.9 Å². The Balaban J connectivity index is 1.44. The van der Waals surface area contributed by atoms with Gasteiger partial charge in [-0.3, -0.25) is 15.0 Å². The lowest BCUT2D eigenvalue weighted by Gasteiger charge is -2.24. The van der Waals surface area contributed by atoms with Crippen LogP contribution in [0.15, 0.2) is 24.3 Å². The first kappa shape index (κ1) is 16.0. The summed E-state index contributed by atoms with van der Waals surface area (Å²) in [5.74, 6) is 0.441. The number of aromatic amines is 1. The van der Waals surface area contributed by atoms with E-state index in [0.29, 0.717) is 18.6 Å². The van der Waals surface area contributed by atoms with E-state index in [0.717, 1.165) is 37.0 Å². The minimum atomic E-state index is -0.0591. The molecule has 1 atom stereocenters. The fraction of sp³-hybridized carbons (Fsp3) is 0.529. The summed E-state index contributed by atoms with van der Waals surface area (Å²) in [6.07, 6.45) is 4.89. The minimum absolute atomic E-state index is 0.0591. The molecule has 1 fully saturated rings. The molecule has 2 heterocycles. The van der Waals surface area contributed by atoms with Gasteiger partial charge < -0.3 is 9.72 Å². The van der Waals surface area contributed by atoms with E-state index in [1.54, 1.807) is 0 Å². The third-order valence-electron chi connectivity index (χ3n) is 4.17. The van der Waals surface area contributed by atoms with Crippen molar-refractivity contribution in [3.05, 3.63) is 24.3 Å². The van der Waals surface area contributed by atoms with Gasteiger partial charge in [-0.1, -0.05) is 12.1 Å². The molecule has 6 nitrogen and oxygen atoms in total. The SMILES string of the molecule is CN(CC[C@H]1CCCCO1)CC(=O)Nc1nc2ccccc2[nH]1. The van der Waals surface area contributed by atoms with Gasteiger partial charge in [-0.15, -0.1) is 0 Å². The zero-order valence-electron chi connectivity index (χ0n) is 13.5. The molecular formula is C17H24N4O2. The maximum atomic E-state index is 12.1. The number of anilines is 1. The number of nitrogens with one attached hydrogen (secondary N) is 2. The molecule has 0 spiro atoms. The highest BCUT2D eigenvalue weighted by molar-refractivity contribution is 5.92. The minimum Gasteiger partial charge on any atom is -0.378 e. The number of rotatable bonds is 6. The number of H-pyrrole nitrogens is 1. The molecule has 0 unspecified atom stereocenters. The average Bonchev–Trinajstić information content (AvgIpc) is 2.96. The highest BCUT2D eigenvalue weighted by atomic mass is 16.5. The van der Waals surface area contributed by atoms with Crippen LogP contribution in [0.25, 0.3) is 11.0 Å². The van der Waals surface area contributed by atoms with E-state index in [4.69, 9.17) is 4.74 Å². The molecule has 1 aromatic heterocycles. The molecule has 1 aliphatic heterocycles.